The van der Waals surface area contributed by atoms with Crippen LogP contribution in [0.3, 0.4) is 0 Å². The zero-order valence-corrected chi connectivity index (χ0v) is 14.7. The molecule has 0 amide bonds. The van der Waals surface area contributed by atoms with Gasteiger partial charge in [0.15, 0.2) is 0 Å². The van der Waals surface area contributed by atoms with E-state index in [0.29, 0.717) is 35.5 Å². The quantitative estimate of drug-likeness (QED) is 0.766. The van der Waals surface area contributed by atoms with Crippen LogP contribution in [0.25, 0.3) is 0 Å². The summed E-state index contributed by atoms with van der Waals surface area (Å²) in [5, 5.41) is 0.502. The minimum absolute atomic E-state index is 0.206. The molecule has 1 saturated heterocycles. The fourth-order valence-electron chi connectivity index (χ4n) is 2.75. The average molecular weight is 350 g/mol. The fraction of sp³-hybridized carbons (Fsp3) is 0.600. The van der Waals surface area contributed by atoms with E-state index in [4.69, 9.17) is 23.2 Å². The Balaban J connectivity index is 2.19. The molecule has 1 aromatic carbocycles. The van der Waals surface area contributed by atoms with Crippen molar-refractivity contribution in [1.29, 1.82) is 0 Å². The molecular formula is C15H21Cl2NO2S. The second-order valence-electron chi connectivity index (χ2n) is 5.87. The van der Waals surface area contributed by atoms with Crippen LogP contribution in [0.5, 0.6) is 0 Å². The molecule has 1 aromatic rings. The molecule has 0 radical (unpaired) electrons. The van der Waals surface area contributed by atoms with Gasteiger partial charge in [-0.3, -0.25) is 0 Å². The highest BCUT2D eigenvalue weighted by molar-refractivity contribution is 7.89. The summed E-state index contributed by atoms with van der Waals surface area (Å²) >= 11 is 11.8. The Hall–Kier alpha value is -0.290. The van der Waals surface area contributed by atoms with Crippen molar-refractivity contribution in [1.82, 2.24) is 4.31 Å². The van der Waals surface area contributed by atoms with Crippen LogP contribution in [0.15, 0.2) is 23.1 Å². The lowest BCUT2D eigenvalue weighted by atomic mass is 9.87. The van der Waals surface area contributed by atoms with Crippen molar-refractivity contribution in [2.75, 3.05) is 13.1 Å². The van der Waals surface area contributed by atoms with Crippen LogP contribution in [0.2, 0.25) is 5.02 Å². The van der Waals surface area contributed by atoms with Crippen molar-refractivity contribution in [2.24, 2.45) is 11.8 Å². The molecule has 1 aliphatic rings. The standard InChI is InChI=1S/C15H21Cl2NO2S/c1-11(2)12-5-7-18(8-6-12)21(19,20)14-3-4-15(17)13(9-14)10-16/h3-4,9,11-12H,5-8,10H2,1-2H3. The second-order valence-corrected chi connectivity index (χ2v) is 8.48. The Labute approximate surface area is 137 Å². The molecule has 0 aromatic heterocycles. The van der Waals surface area contributed by atoms with E-state index in [9.17, 15) is 8.42 Å². The van der Waals surface area contributed by atoms with E-state index < -0.39 is 10.0 Å². The summed E-state index contributed by atoms with van der Waals surface area (Å²) in [6.45, 7) is 5.57. The van der Waals surface area contributed by atoms with Crippen molar-refractivity contribution in [3.63, 3.8) is 0 Å². The molecule has 0 saturated carbocycles. The molecule has 6 heteroatoms. The van der Waals surface area contributed by atoms with E-state index in [1.807, 2.05) is 0 Å². The summed E-state index contributed by atoms with van der Waals surface area (Å²) in [5.41, 5.74) is 0.650. The zero-order valence-electron chi connectivity index (χ0n) is 12.4. The topological polar surface area (TPSA) is 37.4 Å². The van der Waals surface area contributed by atoms with Crippen molar-refractivity contribution in [2.45, 2.75) is 37.5 Å². The Morgan fingerprint density at radius 3 is 2.43 bits per heavy atom. The molecule has 2 rings (SSSR count). The summed E-state index contributed by atoms with van der Waals surface area (Å²) in [4.78, 5) is 0.283. The molecule has 21 heavy (non-hydrogen) atoms. The van der Waals surface area contributed by atoms with E-state index in [1.165, 1.54) is 0 Å². The first-order chi connectivity index (χ1) is 9.86. The SMILES string of the molecule is CC(C)C1CCN(S(=O)(=O)c2ccc(Cl)c(CCl)c2)CC1. The molecule has 1 heterocycles. The number of hydrogen-bond acceptors (Lipinski definition) is 2. The predicted octanol–water partition coefficient (Wildman–Crippen LogP) is 4.14. The van der Waals surface area contributed by atoms with Gasteiger partial charge in [0.2, 0.25) is 10.0 Å². The van der Waals surface area contributed by atoms with Crippen LogP contribution in [-0.4, -0.2) is 25.8 Å². The molecule has 0 aliphatic carbocycles. The Morgan fingerprint density at radius 1 is 1.29 bits per heavy atom. The molecule has 118 valence electrons. The van der Waals surface area contributed by atoms with Crippen molar-refractivity contribution < 1.29 is 8.42 Å². The first kappa shape index (κ1) is 17.1. The van der Waals surface area contributed by atoms with Crippen molar-refractivity contribution in [3.05, 3.63) is 28.8 Å². The Kier molecular flexibility index (Phi) is 5.58. The monoisotopic (exact) mass is 349 g/mol. The predicted molar refractivity (Wildman–Crippen MR) is 87.3 cm³/mol. The van der Waals surface area contributed by atoms with Gasteiger partial charge < -0.3 is 0 Å². The second kappa shape index (κ2) is 6.86. The van der Waals surface area contributed by atoms with Crippen LogP contribution in [0.4, 0.5) is 0 Å². The number of piperidine rings is 1. The molecule has 3 nitrogen and oxygen atoms in total. The first-order valence-corrected chi connectivity index (χ1v) is 9.56. The van der Waals surface area contributed by atoms with Crippen LogP contribution < -0.4 is 0 Å². The molecule has 0 unspecified atom stereocenters. The first-order valence-electron chi connectivity index (χ1n) is 7.20. The van der Waals surface area contributed by atoms with Crippen LogP contribution in [-0.2, 0) is 15.9 Å². The number of halogens is 2. The van der Waals surface area contributed by atoms with E-state index >= 15 is 0 Å². The average Bonchev–Trinajstić information content (AvgIpc) is 2.47. The fourth-order valence-corrected chi connectivity index (χ4v) is 4.74. The highest BCUT2D eigenvalue weighted by Crippen LogP contribution is 2.29. The summed E-state index contributed by atoms with van der Waals surface area (Å²) in [6, 6.07) is 4.74. The number of rotatable bonds is 4. The summed E-state index contributed by atoms with van der Waals surface area (Å²) in [5.74, 6) is 1.42. The highest BCUT2D eigenvalue weighted by Gasteiger charge is 2.30. The summed E-state index contributed by atoms with van der Waals surface area (Å²) in [6.07, 6.45) is 1.85. The number of alkyl halides is 1. The van der Waals surface area contributed by atoms with E-state index in [0.717, 1.165) is 12.8 Å². The minimum atomic E-state index is -3.44. The van der Waals surface area contributed by atoms with Crippen LogP contribution in [0, 0.1) is 11.8 Å². The van der Waals surface area contributed by atoms with Gasteiger partial charge in [-0.25, -0.2) is 8.42 Å². The van der Waals surface area contributed by atoms with Crippen molar-refractivity contribution in [3.8, 4) is 0 Å². The van der Waals surface area contributed by atoms with E-state index in [2.05, 4.69) is 13.8 Å². The lowest BCUT2D eigenvalue weighted by molar-refractivity contribution is 0.226. The smallest absolute Gasteiger partial charge is 0.207 e. The Bertz CT molecular complexity index is 594. The van der Waals surface area contributed by atoms with Gasteiger partial charge in [-0.15, -0.1) is 11.6 Å². The lowest BCUT2D eigenvalue weighted by Gasteiger charge is -2.33. The van der Waals surface area contributed by atoms with Gasteiger partial charge in [0.1, 0.15) is 0 Å². The molecule has 0 spiro atoms. The maximum atomic E-state index is 12.7. The number of nitrogens with zero attached hydrogens (tertiary/aromatic N) is 1. The molecule has 1 aliphatic heterocycles. The molecule has 0 atom stereocenters. The lowest BCUT2D eigenvalue weighted by Crippen LogP contribution is -2.39. The van der Waals surface area contributed by atoms with Crippen LogP contribution in [0.1, 0.15) is 32.3 Å². The van der Waals surface area contributed by atoms with Gasteiger partial charge in [-0.05, 0) is 48.4 Å². The Morgan fingerprint density at radius 2 is 1.90 bits per heavy atom. The van der Waals surface area contributed by atoms with Crippen LogP contribution >= 0.6 is 23.2 Å². The maximum absolute atomic E-state index is 12.7. The molecule has 1 fully saturated rings. The van der Waals surface area contributed by atoms with Crippen molar-refractivity contribution >= 4 is 33.2 Å². The summed E-state index contributed by atoms with van der Waals surface area (Å²) in [7, 11) is -3.44. The van der Waals surface area contributed by atoms with E-state index in [1.54, 1.807) is 22.5 Å². The number of hydrogen-bond donors (Lipinski definition) is 0. The molecule has 0 N–H and O–H groups in total. The van der Waals surface area contributed by atoms with Gasteiger partial charge in [0.05, 0.1) is 4.90 Å². The van der Waals surface area contributed by atoms with Gasteiger partial charge >= 0.3 is 0 Å². The number of benzene rings is 1. The van der Waals surface area contributed by atoms with Gasteiger partial charge in [0, 0.05) is 24.0 Å². The largest absolute Gasteiger partial charge is 0.243 e. The van der Waals surface area contributed by atoms with Gasteiger partial charge in [-0.1, -0.05) is 25.4 Å². The van der Waals surface area contributed by atoms with Gasteiger partial charge in [0.25, 0.3) is 0 Å². The molecular weight excluding hydrogens is 329 g/mol. The third-order valence-electron chi connectivity index (χ3n) is 4.24. The maximum Gasteiger partial charge on any atom is 0.243 e. The minimum Gasteiger partial charge on any atom is -0.207 e. The van der Waals surface area contributed by atoms with Gasteiger partial charge in [-0.2, -0.15) is 4.31 Å². The van der Waals surface area contributed by atoms with E-state index in [-0.39, 0.29) is 10.8 Å². The molecule has 0 bridgehead atoms. The third-order valence-corrected chi connectivity index (χ3v) is 6.79. The summed E-state index contributed by atoms with van der Waals surface area (Å²) < 4.78 is 26.9. The number of sulfonamides is 1. The zero-order chi connectivity index (χ0) is 15.6. The third kappa shape index (κ3) is 3.73. The highest BCUT2D eigenvalue weighted by atomic mass is 35.5. The normalized spacial score (nSPS) is 18.3.